The van der Waals surface area contributed by atoms with Crippen LogP contribution in [0.2, 0.25) is 0 Å². The zero-order valence-electron chi connectivity index (χ0n) is 14.1. The van der Waals surface area contributed by atoms with E-state index in [4.69, 9.17) is 5.26 Å². The predicted molar refractivity (Wildman–Crippen MR) is 103 cm³/mol. The molecule has 136 valence electrons. The fourth-order valence-corrected chi connectivity index (χ4v) is 3.95. The Balaban J connectivity index is 2.07. The minimum absolute atomic E-state index is 0.135. The number of amides is 1. The topological polar surface area (TPSA) is 90.3 Å². The van der Waals surface area contributed by atoms with Crippen molar-refractivity contribution in [2.24, 2.45) is 0 Å². The Labute approximate surface area is 161 Å². The van der Waals surface area contributed by atoms with Crippen LogP contribution in [0, 0.1) is 11.3 Å². The molecule has 0 saturated heterocycles. The van der Waals surface area contributed by atoms with Crippen LogP contribution in [0.25, 0.3) is 0 Å². The summed E-state index contributed by atoms with van der Waals surface area (Å²) in [5.74, 6) is -0.430. The van der Waals surface area contributed by atoms with Crippen molar-refractivity contribution in [1.29, 1.82) is 5.26 Å². The molecule has 0 aliphatic rings. The minimum atomic E-state index is -3.75. The molecule has 0 fully saturated rings. The van der Waals surface area contributed by atoms with Crippen molar-refractivity contribution in [3.8, 4) is 6.07 Å². The molecule has 0 aromatic heterocycles. The zero-order valence-corrected chi connectivity index (χ0v) is 16.5. The molecule has 0 spiro atoms. The average molecular weight is 436 g/mol. The number of nitriles is 1. The second-order valence-corrected chi connectivity index (χ2v) is 8.32. The molecule has 0 unspecified atom stereocenters. The van der Waals surface area contributed by atoms with Gasteiger partial charge in [-0.15, -0.1) is 0 Å². The Morgan fingerprint density at radius 1 is 1.15 bits per heavy atom. The fourth-order valence-electron chi connectivity index (χ4n) is 2.28. The monoisotopic (exact) mass is 435 g/mol. The summed E-state index contributed by atoms with van der Waals surface area (Å²) in [6, 6.07) is 15.2. The number of carbonyl (C=O) groups excluding carboxylic acids is 1. The van der Waals surface area contributed by atoms with Crippen LogP contribution in [-0.2, 0) is 21.2 Å². The van der Waals surface area contributed by atoms with Gasteiger partial charge in [0.15, 0.2) is 0 Å². The second-order valence-electron chi connectivity index (χ2n) is 5.47. The Morgan fingerprint density at radius 2 is 1.77 bits per heavy atom. The third-order valence-corrected chi connectivity index (χ3v) is 6.11. The predicted octanol–water partition coefficient (Wildman–Crippen LogP) is 3.16. The smallest absolute Gasteiger partial charge is 0.243 e. The molecule has 8 heteroatoms. The molecule has 1 N–H and O–H groups in total. The van der Waals surface area contributed by atoms with Crippen molar-refractivity contribution in [2.75, 3.05) is 18.4 Å². The lowest BCUT2D eigenvalue weighted by Crippen LogP contribution is -2.37. The quantitative estimate of drug-likeness (QED) is 0.722. The summed E-state index contributed by atoms with van der Waals surface area (Å²) >= 11 is 3.27. The summed E-state index contributed by atoms with van der Waals surface area (Å²) < 4.78 is 27.3. The number of anilines is 1. The van der Waals surface area contributed by atoms with Crippen molar-refractivity contribution in [2.45, 2.75) is 18.2 Å². The molecule has 0 radical (unpaired) electrons. The van der Waals surface area contributed by atoms with Crippen LogP contribution < -0.4 is 5.32 Å². The average Bonchev–Trinajstić information content (AvgIpc) is 2.62. The fraction of sp³-hybridized carbons (Fsp3) is 0.222. The van der Waals surface area contributed by atoms with Crippen molar-refractivity contribution in [3.63, 3.8) is 0 Å². The van der Waals surface area contributed by atoms with Gasteiger partial charge in [0.1, 0.15) is 0 Å². The molecule has 2 rings (SSSR count). The van der Waals surface area contributed by atoms with Gasteiger partial charge in [-0.2, -0.15) is 9.57 Å². The second kappa shape index (κ2) is 8.94. The molecule has 0 aliphatic carbocycles. The first-order valence-corrected chi connectivity index (χ1v) is 10.1. The number of nitrogens with zero attached hydrogens (tertiary/aromatic N) is 2. The van der Waals surface area contributed by atoms with E-state index in [0.29, 0.717) is 12.1 Å². The lowest BCUT2D eigenvalue weighted by atomic mass is 10.1. The number of nitrogens with one attached hydrogen (secondary N) is 1. The number of sulfonamides is 1. The van der Waals surface area contributed by atoms with Crippen LogP contribution in [-0.4, -0.2) is 31.7 Å². The van der Waals surface area contributed by atoms with Crippen LogP contribution in [0.3, 0.4) is 0 Å². The van der Waals surface area contributed by atoms with E-state index >= 15 is 0 Å². The highest BCUT2D eigenvalue weighted by atomic mass is 79.9. The summed E-state index contributed by atoms with van der Waals surface area (Å²) in [6.07, 6.45) is 0.295. The first kappa shape index (κ1) is 20.1. The van der Waals surface area contributed by atoms with Gasteiger partial charge in [0.05, 0.1) is 23.9 Å². The summed E-state index contributed by atoms with van der Waals surface area (Å²) in [4.78, 5) is 12.4. The summed E-state index contributed by atoms with van der Waals surface area (Å²) in [6.45, 7) is 1.57. The van der Waals surface area contributed by atoms with Gasteiger partial charge >= 0.3 is 0 Å². The van der Waals surface area contributed by atoms with E-state index in [-0.39, 0.29) is 18.0 Å². The number of likely N-dealkylation sites (N-methyl/N-ethyl adjacent to an activating group) is 1. The number of halogens is 1. The van der Waals surface area contributed by atoms with Crippen LogP contribution in [0.5, 0.6) is 0 Å². The van der Waals surface area contributed by atoms with Gasteiger partial charge in [-0.1, -0.05) is 35.0 Å². The third kappa shape index (κ3) is 5.14. The van der Waals surface area contributed by atoms with E-state index in [0.717, 1.165) is 14.3 Å². The Kier molecular flexibility index (Phi) is 6.91. The van der Waals surface area contributed by atoms with Crippen molar-refractivity contribution >= 4 is 37.5 Å². The van der Waals surface area contributed by atoms with Gasteiger partial charge in [-0.05, 0) is 42.0 Å². The standard InChI is InChI=1S/C18H18BrN3O3S/c1-2-22(26(24,25)17-9-5-15(19)6-10-17)13-18(23)21-16-7-3-14(4-8-16)11-12-20/h3-10H,2,11,13H2,1H3,(H,21,23). The molecule has 0 bridgehead atoms. The summed E-state index contributed by atoms with van der Waals surface area (Å²) in [5, 5.41) is 11.3. The highest BCUT2D eigenvalue weighted by Gasteiger charge is 2.25. The lowest BCUT2D eigenvalue weighted by Gasteiger charge is -2.20. The van der Waals surface area contributed by atoms with Gasteiger partial charge in [0.2, 0.25) is 15.9 Å². The molecule has 0 aliphatic heterocycles. The van der Waals surface area contributed by atoms with E-state index < -0.39 is 15.9 Å². The summed E-state index contributed by atoms with van der Waals surface area (Å²) in [7, 11) is -3.75. The van der Waals surface area contributed by atoms with Gasteiger partial charge in [0.25, 0.3) is 0 Å². The van der Waals surface area contributed by atoms with E-state index in [1.165, 1.54) is 12.1 Å². The van der Waals surface area contributed by atoms with E-state index in [1.54, 1.807) is 43.3 Å². The normalized spacial score (nSPS) is 11.2. The molecule has 2 aromatic carbocycles. The highest BCUT2D eigenvalue weighted by Crippen LogP contribution is 2.19. The van der Waals surface area contributed by atoms with Gasteiger partial charge in [-0.3, -0.25) is 4.79 Å². The van der Waals surface area contributed by atoms with Crippen LogP contribution in [0.1, 0.15) is 12.5 Å². The molecule has 2 aromatic rings. The number of hydrogen-bond donors (Lipinski definition) is 1. The van der Waals surface area contributed by atoms with Gasteiger partial charge < -0.3 is 5.32 Å². The van der Waals surface area contributed by atoms with Gasteiger partial charge in [0, 0.05) is 16.7 Å². The van der Waals surface area contributed by atoms with Crippen LogP contribution >= 0.6 is 15.9 Å². The van der Waals surface area contributed by atoms with Crippen LogP contribution in [0.4, 0.5) is 5.69 Å². The van der Waals surface area contributed by atoms with E-state index in [1.807, 2.05) is 6.07 Å². The van der Waals surface area contributed by atoms with Crippen molar-refractivity contribution < 1.29 is 13.2 Å². The van der Waals surface area contributed by atoms with E-state index in [2.05, 4.69) is 21.2 Å². The number of rotatable bonds is 7. The SMILES string of the molecule is CCN(CC(=O)Nc1ccc(CC#N)cc1)S(=O)(=O)c1ccc(Br)cc1. The minimum Gasteiger partial charge on any atom is -0.325 e. The van der Waals surface area contributed by atoms with E-state index in [9.17, 15) is 13.2 Å². The number of hydrogen-bond acceptors (Lipinski definition) is 4. The lowest BCUT2D eigenvalue weighted by molar-refractivity contribution is -0.116. The van der Waals surface area contributed by atoms with Crippen molar-refractivity contribution in [3.05, 3.63) is 58.6 Å². The highest BCUT2D eigenvalue weighted by molar-refractivity contribution is 9.10. The molecule has 0 atom stereocenters. The summed E-state index contributed by atoms with van der Waals surface area (Å²) in [5.41, 5.74) is 1.40. The molecule has 1 amide bonds. The van der Waals surface area contributed by atoms with Gasteiger partial charge in [-0.25, -0.2) is 8.42 Å². The number of benzene rings is 2. The molecule has 6 nitrogen and oxygen atoms in total. The Bertz CT molecular complexity index is 904. The first-order chi connectivity index (χ1) is 12.4. The molecule has 26 heavy (non-hydrogen) atoms. The largest absolute Gasteiger partial charge is 0.325 e. The molecule has 0 saturated carbocycles. The van der Waals surface area contributed by atoms with Crippen molar-refractivity contribution in [1.82, 2.24) is 4.31 Å². The van der Waals surface area contributed by atoms with Crippen LogP contribution in [0.15, 0.2) is 57.9 Å². The zero-order chi connectivity index (χ0) is 19.2. The first-order valence-electron chi connectivity index (χ1n) is 7.88. The maximum Gasteiger partial charge on any atom is 0.243 e. The molecular formula is C18H18BrN3O3S. The molecular weight excluding hydrogens is 418 g/mol. The third-order valence-electron chi connectivity index (χ3n) is 3.64. The Morgan fingerprint density at radius 3 is 2.31 bits per heavy atom. The Hall–Kier alpha value is -2.21. The number of carbonyl (C=O) groups is 1. The molecule has 0 heterocycles. The maximum atomic E-state index is 12.7. The maximum absolute atomic E-state index is 12.7.